The number of benzene rings is 2. The van der Waals surface area contributed by atoms with Crippen LogP contribution in [0.4, 0.5) is 0 Å². The molecule has 0 bridgehead atoms. The van der Waals surface area contributed by atoms with Gasteiger partial charge in [0, 0.05) is 78.6 Å². The number of carbonyl (C=O) groups excluding carboxylic acids is 3. The first-order valence-electron chi connectivity index (χ1n) is 18.7. The van der Waals surface area contributed by atoms with Crippen molar-refractivity contribution in [2.75, 3.05) is 35.3 Å². The SMILES string of the molecule is CN(C)C(=O)c1ccc(-c2ccc3c(n2)Oc2nc(Cl)ccc2C3O)cc1.COC(=O)C(C)(C)C1c2ccc(Cl)nc2Oc2nc(-c3ccc(C(=O)N(C)C)cc3)ccc21. The van der Waals surface area contributed by atoms with Crippen LogP contribution in [0.5, 0.6) is 23.5 Å². The molecule has 0 fully saturated rings. The molecule has 1 N–H and O–H groups in total. The number of amides is 2. The Labute approximate surface area is 356 Å². The minimum Gasteiger partial charge on any atom is -0.469 e. The highest BCUT2D eigenvalue weighted by atomic mass is 35.5. The Morgan fingerprint density at radius 2 is 0.950 bits per heavy atom. The van der Waals surface area contributed by atoms with Gasteiger partial charge in [0.15, 0.2) is 0 Å². The predicted molar refractivity (Wildman–Crippen MR) is 226 cm³/mol. The van der Waals surface area contributed by atoms with Gasteiger partial charge in [0.1, 0.15) is 16.4 Å². The van der Waals surface area contributed by atoms with Gasteiger partial charge in [0.25, 0.3) is 11.8 Å². The van der Waals surface area contributed by atoms with Gasteiger partial charge >= 0.3 is 5.97 Å². The highest BCUT2D eigenvalue weighted by Gasteiger charge is 2.45. The molecule has 6 aromatic rings. The number of esters is 1. The molecule has 8 rings (SSSR count). The fourth-order valence-corrected chi connectivity index (χ4v) is 7.30. The van der Waals surface area contributed by atoms with E-state index in [4.69, 9.17) is 42.4 Å². The number of aliphatic hydroxyl groups excluding tert-OH is 1. The Morgan fingerprint density at radius 3 is 1.38 bits per heavy atom. The molecular formula is C45H40Cl2N6O7. The lowest BCUT2D eigenvalue weighted by Gasteiger charge is -2.36. The Bertz CT molecular complexity index is 2640. The fraction of sp³-hybridized carbons (Fsp3) is 0.222. The van der Waals surface area contributed by atoms with Crippen LogP contribution >= 0.6 is 23.2 Å². The lowest BCUT2D eigenvalue weighted by molar-refractivity contribution is -0.151. The average Bonchev–Trinajstić information content (AvgIpc) is 3.24. The summed E-state index contributed by atoms with van der Waals surface area (Å²) >= 11 is 12.0. The van der Waals surface area contributed by atoms with Gasteiger partial charge in [-0.3, -0.25) is 14.4 Å². The van der Waals surface area contributed by atoms with E-state index in [-0.39, 0.29) is 39.8 Å². The molecule has 2 aromatic carbocycles. The number of aliphatic hydroxyl groups is 1. The number of ether oxygens (including phenoxy) is 3. The molecule has 0 spiro atoms. The van der Waals surface area contributed by atoms with Crippen LogP contribution in [-0.2, 0) is 9.53 Å². The Balaban J connectivity index is 0.000000185. The third kappa shape index (κ3) is 8.11. The molecule has 2 atom stereocenters. The first-order valence-corrected chi connectivity index (χ1v) is 19.4. The topological polar surface area (TPSA) is 157 Å². The fourth-order valence-electron chi connectivity index (χ4n) is 7.02. The first-order chi connectivity index (χ1) is 28.6. The van der Waals surface area contributed by atoms with Crippen molar-refractivity contribution >= 4 is 41.0 Å². The number of aromatic nitrogens is 4. The van der Waals surface area contributed by atoms with E-state index in [0.717, 1.165) is 22.3 Å². The van der Waals surface area contributed by atoms with Crippen LogP contribution in [0.25, 0.3) is 22.5 Å². The zero-order chi connectivity index (χ0) is 43.0. The van der Waals surface area contributed by atoms with E-state index < -0.39 is 17.4 Å². The van der Waals surface area contributed by atoms with Gasteiger partial charge < -0.3 is 29.1 Å². The van der Waals surface area contributed by atoms with Crippen molar-refractivity contribution in [3.05, 3.63) is 141 Å². The van der Waals surface area contributed by atoms with E-state index in [0.29, 0.717) is 45.4 Å². The van der Waals surface area contributed by atoms with Gasteiger partial charge in [-0.05, 0) is 80.6 Å². The van der Waals surface area contributed by atoms with E-state index in [1.165, 1.54) is 16.9 Å². The second-order valence-electron chi connectivity index (χ2n) is 15.0. The van der Waals surface area contributed by atoms with E-state index >= 15 is 0 Å². The summed E-state index contributed by atoms with van der Waals surface area (Å²) in [5.74, 6) is 0.316. The molecule has 2 amide bonds. The van der Waals surface area contributed by atoms with E-state index in [1.807, 2.05) is 62.4 Å². The van der Waals surface area contributed by atoms with Crippen molar-refractivity contribution in [2.24, 2.45) is 5.41 Å². The molecule has 0 radical (unpaired) electrons. The van der Waals surface area contributed by atoms with E-state index in [9.17, 15) is 19.5 Å². The maximum absolute atomic E-state index is 12.7. The van der Waals surface area contributed by atoms with Crippen molar-refractivity contribution in [3.8, 4) is 46.0 Å². The standard InChI is InChI=1S/C25H24ClN3O4.C20H16ClN3O3/c1-25(2,24(31)32-5)20-16-10-12-18(14-6-8-15(9-7-14)23(30)29(3)4)27-21(16)33-22-17(20)11-13-19(26)28-22;1-24(2)20(26)12-5-3-11(4-6-12)15-9-7-13-17(25)14-8-10-16(21)23-19(14)27-18(13)22-15/h6-13,20H,1-5H3;3-10,17,25H,1-2H3. The van der Waals surface area contributed by atoms with E-state index in [1.54, 1.807) is 76.7 Å². The van der Waals surface area contributed by atoms with Crippen LogP contribution in [0, 0.1) is 5.41 Å². The maximum Gasteiger partial charge on any atom is 0.312 e. The first kappa shape index (κ1) is 41.7. The number of rotatable bonds is 6. The van der Waals surface area contributed by atoms with Crippen molar-refractivity contribution in [1.29, 1.82) is 0 Å². The van der Waals surface area contributed by atoms with Gasteiger partial charge in [-0.2, -0.15) is 0 Å². The minimum absolute atomic E-state index is 0.0639. The van der Waals surface area contributed by atoms with Gasteiger partial charge in [0.05, 0.1) is 23.9 Å². The summed E-state index contributed by atoms with van der Waals surface area (Å²) in [6, 6.07) is 28.5. The summed E-state index contributed by atoms with van der Waals surface area (Å²) < 4.78 is 16.9. The highest BCUT2D eigenvalue weighted by Crippen LogP contribution is 2.52. The third-order valence-corrected chi connectivity index (χ3v) is 10.6. The largest absolute Gasteiger partial charge is 0.469 e. The van der Waals surface area contributed by atoms with Gasteiger partial charge in [0.2, 0.25) is 23.5 Å². The molecule has 13 nitrogen and oxygen atoms in total. The molecule has 2 aliphatic heterocycles. The third-order valence-electron chi connectivity index (χ3n) is 10.2. The summed E-state index contributed by atoms with van der Waals surface area (Å²) in [6.07, 6.45) is -0.879. The maximum atomic E-state index is 12.7. The zero-order valence-corrected chi connectivity index (χ0v) is 35.2. The average molecular weight is 848 g/mol. The summed E-state index contributed by atoms with van der Waals surface area (Å²) in [5, 5.41) is 11.1. The molecule has 15 heteroatoms. The molecular weight excluding hydrogens is 807 g/mol. The highest BCUT2D eigenvalue weighted by molar-refractivity contribution is 6.29. The van der Waals surface area contributed by atoms with Crippen LogP contribution in [0.3, 0.4) is 0 Å². The molecule has 2 unspecified atom stereocenters. The molecule has 6 heterocycles. The second kappa shape index (κ2) is 16.7. The predicted octanol–water partition coefficient (Wildman–Crippen LogP) is 8.62. The Morgan fingerprint density at radius 1 is 0.583 bits per heavy atom. The zero-order valence-electron chi connectivity index (χ0n) is 33.7. The summed E-state index contributed by atoms with van der Waals surface area (Å²) in [6.45, 7) is 3.65. The van der Waals surface area contributed by atoms with Crippen molar-refractivity contribution < 1.29 is 33.7 Å². The van der Waals surface area contributed by atoms with Crippen LogP contribution in [0.15, 0.2) is 97.1 Å². The molecule has 0 saturated carbocycles. The van der Waals surface area contributed by atoms with Crippen molar-refractivity contribution in [3.63, 3.8) is 0 Å². The smallest absolute Gasteiger partial charge is 0.312 e. The van der Waals surface area contributed by atoms with Gasteiger partial charge in [-0.15, -0.1) is 0 Å². The van der Waals surface area contributed by atoms with Crippen LogP contribution in [0.1, 0.15) is 68.8 Å². The van der Waals surface area contributed by atoms with Gasteiger partial charge in [-0.1, -0.05) is 53.5 Å². The minimum atomic E-state index is -0.908. The molecule has 0 aliphatic carbocycles. The lowest BCUT2D eigenvalue weighted by Crippen LogP contribution is -2.35. The number of hydrogen-bond donors (Lipinski definition) is 1. The lowest BCUT2D eigenvalue weighted by atomic mass is 9.71. The molecule has 306 valence electrons. The monoisotopic (exact) mass is 846 g/mol. The number of methoxy groups -OCH3 is 1. The van der Waals surface area contributed by atoms with Crippen LogP contribution in [0.2, 0.25) is 10.3 Å². The molecule has 2 aliphatic rings. The molecule has 0 saturated heterocycles. The van der Waals surface area contributed by atoms with Crippen molar-refractivity contribution in [1.82, 2.24) is 29.7 Å². The number of nitrogens with zero attached hydrogens (tertiary/aromatic N) is 6. The van der Waals surface area contributed by atoms with Crippen molar-refractivity contribution in [2.45, 2.75) is 25.9 Å². The Kier molecular flexibility index (Phi) is 11.6. The number of halogens is 2. The molecule has 4 aromatic heterocycles. The van der Waals surface area contributed by atoms with Crippen LogP contribution < -0.4 is 9.47 Å². The summed E-state index contributed by atoms with van der Waals surface area (Å²) in [5.41, 5.74) is 5.87. The van der Waals surface area contributed by atoms with E-state index in [2.05, 4.69) is 15.0 Å². The Hall–Kier alpha value is -6.41. The number of hydrogen-bond acceptors (Lipinski definition) is 11. The number of pyridine rings is 4. The quantitative estimate of drug-likeness (QED) is 0.126. The summed E-state index contributed by atoms with van der Waals surface area (Å²) in [4.78, 5) is 57.6. The normalized spacial score (nSPS) is 14.6. The van der Waals surface area contributed by atoms with Gasteiger partial charge in [-0.25, -0.2) is 19.9 Å². The summed E-state index contributed by atoms with van der Waals surface area (Å²) in [7, 11) is 8.22. The molecule has 60 heavy (non-hydrogen) atoms. The number of carbonyl (C=O) groups is 3. The number of fused-ring (bicyclic) bond motifs is 4. The second-order valence-corrected chi connectivity index (χ2v) is 15.8. The van der Waals surface area contributed by atoms with Crippen LogP contribution in [-0.4, -0.2) is 87.9 Å².